The van der Waals surface area contributed by atoms with Crippen molar-refractivity contribution in [1.82, 2.24) is 30.0 Å². The van der Waals surface area contributed by atoms with Crippen LogP contribution in [-0.2, 0) is 0 Å². The molecule has 0 aliphatic carbocycles. The van der Waals surface area contributed by atoms with Crippen molar-refractivity contribution in [2.75, 3.05) is 11.9 Å². The lowest BCUT2D eigenvalue weighted by Crippen LogP contribution is -2.33. The Morgan fingerprint density at radius 1 is 1.38 bits per heavy atom. The van der Waals surface area contributed by atoms with E-state index in [-0.39, 0.29) is 12.3 Å². The van der Waals surface area contributed by atoms with Crippen LogP contribution in [0.4, 0.5) is 14.9 Å². The fraction of sp³-hybridized carbons (Fsp3) is 0.167. The van der Waals surface area contributed by atoms with Crippen molar-refractivity contribution in [3.8, 4) is 24.0 Å². The molecule has 11 heteroatoms. The van der Waals surface area contributed by atoms with E-state index in [0.29, 0.717) is 22.0 Å². The lowest BCUT2D eigenvalue weighted by molar-refractivity contribution is 0.248. The zero-order valence-corrected chi connectivity index (χ0v) is 16.7. The van der Waals surface area contributed by atoms with Gasteiger partial charge in [0.1, 0.15) is 24.5 Å². The third-order valence-corrected chi connectivity index (χ3v) is 4.25. The second-order valence-electron chi connectivity index (χ2n) is 5.65. The Balaban J connectivity index is 1.72. The van der Waals surface area contributed by atoms with Crippen molar-refractivity contribution < 1.29 is 13.9 Å². The van der Waals surface area contributed by atoms with Gasteiger partial charge in [-0.15, -0.1) is 6.42 Å². The second-order valence-corrected chi connectivity index (χ2v) is 6.51. The Labute approximate surface area is 173 Å². The number of ether oxygens (including phenoxy) is 1. The summed E-state index contributed by atoms with van der Waals surface area (Å²) >= 11 is 3.18. The molecule has 2 N–H and O–H groups in total. The molecule has 1 atom stereocenters. The molecule has 1 unspecified atom stereocenters. The monoisotopic (exact) mass is 459 g/mol. The van der Waals surface area contributed by atoms with Crippen molar-refractivity contribution in [1.29, 1.82) is 0 Å². The highest BCUT2D eigenvalue weighted by atomic mass is 79.9. The van der Waals surface area contributed by atoms with E-state index in [1.54, 1.807) is 25.4 Å². The summed E-state index contributed by atoms with van der Waals surface area (Å²) in [5.74, 6) is 2.68. The number of terminal acetylenes is 1. The minimum atomic E-state index is -0.648. The number of nitrogens with one attached hydrogen (secondary N) is 2. The van der Waals surface area contributed by atoms with Gasteiger partial charge >= 0.3 is 6.03 Å². The summed E-state index contributed by atoms with van der Waals surface area (Å²) < 4.78 is 21.3. The van der Waals surface area contributed by atoms with Crippen LogP contribution in [0.25, 0.3) is 5.95 Å². The number of hydrogen-bond acceptors (Lipinski definition) is 6. The van der Waals surface area contributed by atoms with Gasteiger partial charge in [0.15, 0.2) is 5.82 Å². The summed E-state index contributed by atoms with van der Waals surface area (Å²) in [6.45, 7) is 1.70. The summed E-state index contributed by atoms with van der Waals surface area (Å²) in [4.78, 5) is 24.7. The van der Waals surface area contributed by atoms with Gasteiger partial charge in [-0.3, -0.25) is 0 Å². The van der Waals surface area contributed by atoms with Crippen LogP contribution in [0.15, 0.2) is 41.4 Å². The molecule has 2 amide bonds. The molecule has 0 spiro atoms. The maximum absolute atomic E-state index is 14.2. The van der Waals surface area contributed by atoms with Crippen LogP contribution in [0.2, 0.25) is 0 Å². The Kier molecular flexibility index (Phi) is 6.36. The number of nitrogens with zero attached hydrogens (tertiary/aromatic N) is 5. The van der Waals surface area contributed by atoms with E-state index >= 15 is 0 Å². The van der Waals surface area contributed by atoms with E-state index in [4.69, 9.17) is 11.2 Å². The lowest BCUT2D eigenvalue weighted by atomic mass is 10.3. The van der Waals surface area contributed by atoms with Gasteiger partial charge in [0.2, 0.25) is 0 Å². The Bertz CT molecular complexity index is 1050. The number of carbonyl (C=O) groups is 1. The van der Waals surface area contributed by atoms with Gasteiger partial charge in [-0.25, -0.2) is 24.1 Å². The molecule has 148 valence electrons. The molecule has 0 saturated carbocycles. The van der Waals surface area contributed by atoms with E-state index in [1.807, 2.05) is 0 Å². The van der Waals surface area contributed by atoms with E-state index in [2.05, 4.69) is 52.5 Å². The highest BCUT2D eigenvalue weighted by Crippen LogP contribution is 2.31. The van der Waals surface area contributed by atoms with Crippen LogP contribution in [0, 0.1) is 18.2 Å². The molecule has 3 rings (SSSR count). The molecule has 2 aromatic heterocycles. The number of benzene rings is 1. The van der Waals surface area contributed by atoms with Gasteiger partial charge in [-0.1, -0.05) is 5.92 Å². The van der Waals surface area contributed by atoms with E-state index in [0.717, 1.165) is 0 Å². The van der Waals surface area contributed by atoms with Crippen molar-refractivity contribution >= 4 is 27.6 Å². The zero-order chi connectivity index (χ0) is 20.8. The van der Waals surface area contributed by atoms with E-state index in [9.17, 15) is 9.18 Å². The third-order valence-electron chi connectivity index (χ3n) is 3.63. The molecule has 0 aliphatic rings. The van der Waals surface area contributed by atoms with Crippen molar-refractivity contribution in [3.05, 3.63) is 53.0 Å². The van der Waals surface area contributed by atoms with Crippen LogP contribution in [0.3, 0.4) is 0 Å². The van der Waals surface area contributed by atoms with E-state index < -0.39 is 17.9 Å². The molecule has 0 radical (unpaired) electrons. The third kappa shape index (κ3) is 4.85. The molecule has 0 bridgehead atoms. The summed E-state index contributed by atoms with van der Waals surface area (Å²) in [6, 6.07) is 2.96. The first-order chi connectivity index (χ1) is 14.0. The molecular weight excluding hydrogens is 445 g/mol. The van der Waals surface area contributed by atoms with Gasteiger partial charge < -0.3 is 15.4 Å². The topological polar surface area (TPSA) is 107 Å². The Morgan fingerprint density at radius 3 is 2.86 bits per heavy atom. The van der Waals surface area contributed by atoms with Crippen molar-refractivity contribution in [3.63, 3.8) is 0 Å². The minimum Gasteiger partial charge on any atom is -0.480 e. The summed E-state index contributed by atoms with van der Waals surface area (Å²) in [6.07, 6.45) is 9.62. The molecule has 0 aliphatic heterocycles. The number of amides is 2. The molecule has 9 nitrogen and oxygen atoms in total. The highest BCUT2D eigenvalue weighted by molar-refractivity contribution is 9.10. The number of urea groups is 1. The normalized spacial score (nSPS) is 11.4. The number of halogens is 2. The molecule has 0 saturated heterocycles. The first-order valence-electron chi connectivity index (χ1n) is 8.29. The van der Waals surface area contributed by atoms with Gasteiger partial charge in [-0.05, 0) is 35.0 Å². The standard InChI is InChI=1S/C18H15BrFN7O2/c1-3-7-29-15-9-14(13(20)8-12(15)19)26-18(28)25-11(2)16-23-10-24-27(16)17-21-5-4-6-22-17/h1,4-6,8-11H,7H2,2H3,(H2,25,26,28). The lowest BCUT2D eigenvalue weighted by Gasteiger charge is -2.15. The number of rotatable bonds is 6. The highest BCUT2D eigenvalue weighted by Gasteiger charge is 2.19. The smallest absolute Gasteiger partial charge is 0.319 e. The minimum absolute atomic E-state index is 0.00409. The Morgan fingerprint density at radius 2 is 2.14 bits per heavy atom. The van der Waals surface area contributed by atoms with Crippen LogP contribution < -0.4 is 15.4 Å². The number of anilines is 1. The molecule has 2 heterocycles. The number of carbonyl (C=O) groups excluding carboxylic acids is 1. The van der Waals surface area contributed by atoms with Gasteiger partial charge in [0.05, 0.1) is 16.2 Å². The number of hydrogen-bond donors (Lipinski definition) is 2. The maximum atomic E-state index is 14.2. The number of aromatic nitrogens is 5. The first-order valence-corrected chi connectivity index (χ1v) is 9.09. The summed E-state index contributed by atoms with van der Waals surface area (Å²) in [7, 11) is 0. The van der Waals surface area contributed by atoms with Crippen molar-refractivity contribution in [2.24, 2.45) is 0 Å². The fourth-order valence-corrected chi connectivity index (χ4v) is 2.80. The maximum Gasteiger partial charge on any atom is 0.319 e. The first kappa shape index (κ1) is 20.2. The van der Waals surface area contributed by atoms with Crippen LogP contribution >= 0.6 is 15.9 Å². The zero-order valence-electron chi connectivity index (χ0n) is 15.1. The summed E-state index contributed by atoms with van der Waals surface area (Å²) in [5, 5.41) is 9.18. The van der Waals surface area contributed by atoms with Crippen LogP contribution in [-0.4, -0.2) is 37.4 Å². The van der Waals surface area contributed by atoms with Crippen LogP contribution in [0.1, 0.15) is 18.8 Å². The fourth-order valence-electron chi connectivity index (χ4n) is 2.37. The van der Waals surface area contributed by atoms with Gasteiger partial charge in [0.25, 0.3) is 5.95 Å². The molecule has 3 aromatic rings. The SMILES string of the molecule is C#CCOc1cc(NC(=O)NC(C)c2ncnn2-c2ncccn2)c(F)cc1Br. The molecule has 0 fully saturated rings. The van der Waals surface area contributed by atoms with Gasteiger partial charge in [-0.2, -0.15) is 9.78 Å². The van der Waals surface area contributed by atoms with E-state index in [1.165, 1.54) is 23.1 Å². The molecular formula is C18H15BrFN7O2. The van der Waals surface area contributed by atoms with Crippen LogP contribution in [0.5, 0.6) is 5.75 Å². The average molecular weight is 460 g/mol. The second kappa shape index (κ2) is 9.11. The van der Waals surface area contributed by atoms with Gasteiger partial charge in [0, 0.05) is 18.5 Å². The largest absolute Gasteiger partial charge is 0.480 e. The van der Waals surface area contributed by atoms with Crippen molar-refractivity contribution in [2.45, 2.75) is 13.0 Å². The predicted octanol–water partition coefficient (Wildman–Crippen LogP) is 2.85. The molecule has 29 heavy (non-hydrogen) atoms. The average Bonchev–Trinajstić information content (AvgIpc) is 3.20. The Hall–Kier alpha value is -3.52. The summed E-state index contributed by atoms with van der Waals surface area (Å²) in [5.41, 5.74) is -0.0715. The quantitative estimate of drug-likeness (QED) is 0.548. The molecule has 1 aromatic carbocycles. The predicted molar refractivity (Wildman–Crippen MR) is 106 cm³/mol.